The number of carbonyl (C=O) groups is 1. The van der Waals surface area contributed by atoms with Gasteiger partial charge in [-0.2, -0.15) is 0 Å². The van der Waals surface area contributed by atoms with Gasteiger partial charge in [0.1, 0.15) is 0 Å². The fraction of sp³-hybridized carbons (Fsp3) is 0.222. The molecule has 1 aromatic carbocycles. The van der Waals surface area contributed by atoms with Crippen LogP contribution in [0.5, 0.6) is 0 Å². The molecule has 0 bridgehead atoms. The SMILES string of the molecule is CCc1ccccc1C(=O)O.[Cl-].[Cl-].[Cl-].[Cl-].[Ti+4]. The van der Waals surface area contributed by atoms with Crippen molar-refractivity contribution < 1.29 is 81.2 Å². The summed E-state index contributed by atoms with van der Waals surface area (Å²) in [5, 5.41) is 8.70. The van der Waals surface area contributed by atoms with Gasteiger partial charge in [0.2, 0.25) is 0 Å². The normalized spacial score (nSPS) is 6.56. The Kier molecular flexibility index (Phi) is 29.2. The van der Waals surface area contributed by atoms with Crippen LogP contribution in [0, 0.1) is 0 Å². The molecule has 0 amide bonds. The average Bonchev–Trinajstić information content (AvgIpc) is 2.04. The number of aryl methyl sites for hydroxylation is 1. The summed E-state index contributed by atoms with van der Waals surface area (Å²) in [5.41, 5.74) is 1.30. The van der Waals surface area contributed by atoms with Crippen molar-refractivity contribution in [2.75, 3.05) is 0 Å². The van der Waals surface area contributed by atoms with Gasteiger partial charge in [-0.05, 0) is 18.1 Å². The predicted molar refractivity (Wildman–Crippen MR) is 42.8 cm³/mol. The first-order chi connectivity index (χ1) is 5.25. The Bertz CT molecular complexity index is 284. The molecule has 2 nitrogen and oxygen atoms in total. The number of carboxylic acid groups (broad SMARTS) is 1. The number of hydrogen-bond donors (Lipinski definition) is 1. The van der Waals surface area contributed by atoms with E-state index in [9.17, 15) is 4.79 Å². The summed E-state index contributed by atoms with van der Waals surface area (Å²) in [6.45, 7) is 1.95. The Morgan fingerprint density at radius 3 is 1.88 bits per heavy atom. The maximum Gasteiger partial charge on any atom is 4.00 e. The maximum absolute atomic E-state index is 10.6. The van der Waals surface area contributed by atoms with Crippen LogP contribution in [0.25, 0.3) is 0 Å². The average molecular weight is 340 g/mol. The van der Waals surface area contributed by atoms with Crippen LogP contribution in [0.15, 0.2) is 24.3 Å². The van der Waals surface area contributed by atoms with Gasteiger partial charge < -0.3 is 54.7 Å². The number of benzene rings is 1. The minimum absolute atomic E-state index is 0. The summed E-state index contributed by atoms with van der Waals surface area (Å²) in [4.78, 5) is 10.6. The largest absolute Gasteiger partial charge is 4.00 e. The Hall–Kier alpha value is 0.564. The van der Waals surface area contributed by atoms with Gasteiger partial charge in [-0.25, -0.2) is 4.79 Å². The van der Waals surface area contributed by atoms with Crippen molar-refractivity contribution in [1.82, 2.24) is 0 Å². The van der Waals surface area contributed by atoms with Crippen molar-refractivity contribution in [1.29, 1.82) is 0 Å². The number of aromatic carboxylic acids is 1. The molecule has 0 saturated heterocycles. The Labute approximate surface area is 135 Å². The van der Waals surface area contributed by atoms with Crippen molar-refractivity contribution in [3.8, 4) is 0 Å². The van der Waals surface area contributed by atoms with E-state index >= 15 is 0 Å². The molecule has 0 aromatic heterocycles. The number of carboxylic acids is 1. The van der Waals surface area contributed by atoms with Crippen molar-refractivity contribution in [2.45, 2.75) is 13.3 Å². The van der Waals surface area contributed by atoms with Crippen molar-refractivity contribution in [3.63, 3.8) is 0 Å². The molecule has 0 aliphatic rings. The van der Waals surface area contributed by atoms with Gasteiger partial charge in [-0.3, -0.25) is 0 Å². The molecule has 0 aliphatic carbocycles. The van der Waals surface area contributed by atoms with E-state index in [-0.39, 0.29) is 71.3 Å². The fourth-order valence-electron chi connectivity index (χ4n) is 1.04. The summed E-state index contributed by atoms with van der Waals surface area (Å²) >= 11 is 0. The van der Waals surface area contributed by atoms with Gasteiger partial charge in [-0.15, -0.1) is 0 Å². The van der Waals surface area contributed by atoms with Crippen LogP contribution in [0.1, 0.15) is 22.8 Å². The van der Waals surface area contributed by atoms with Crippen LogP contribution in [-0.2, 0) is 28.1 Å². The second kappa shape index (κ2) is 15.6. The van der Waals surface area contributed by atoms with Crippen molar-refractivity contribution in [3.05, 3.63) is 35.4 Å². The molecule has 0 radical (unpaired) electrons. The zero-order chi connectivity index (χ0) is 8.27. The monoisotopic (exact) mass is 338 g/mol. The summed E-state index contributed by atoms with van der Waals surface area (Å²) in [7, 11) is 0. The summed E-state index contributed by atoms with van der Waals surface area (Å²) < 4.78 is 0. The maximum atomic E-state index is 10.6. The molecule has 16 heavy (non-hydrogen) atoms. The smallest absolute Gasteiger partial charge is 1.00 e. The van der Waals surface area contributed by atoms with E-state index < -0.39 is 5.97 Å². The molecule has 0 aliphatic heterocycles. The van der Waals surface area contributed by atoms with E-state index in [1.807, 2.05) is 19.1 Å². The van der Waals surface area contributed by atoms with E-state index in [0.717, 1.165) is 12.0 Å². The molecule has 7 heteroatoms. The Morgan fingerprint density at radius 1 is 1.12 bits per heavy atom. The van der Waals surface area contributed by atoms with Gasteiger partial charge in [0, 0.05) is 0 Å². The minimum Gasteiger partial charge on any atom is -1.00 e. The van der Waals surface area contributed by atoms with Crippen LogP contribution in [0.2, 0.25) is 0 Å². The standard InChI is InChI=1S/C9H10O2.4ClH.Ti/c1-2-7-5-3-4-6-8(7)9(10)11;;;;;/h3-6H,2H2,1H3,(H,10,11);4*1H;/q;;;;;+4/p-4. The first-order valence-corrected chi connectivity index (χ1v) is 3.57. The van der Waals surface area contributed by atoms with Crippen molar-refractivity contribution in [2.24, 2.45) is 0 Å². The fourth-order valence-corrected chi connectivity index (χ4v) is 1.04. The topological polar surface area (TPSA) is 37.3 Å². The third-order valence-electron chi connectivity index (χ3n) is 1.63. The van der Waals surface area contributed by atoms with Crippen LogP contribution in [0.3, 0.4) is 0 Å². The van der Waals surface area contributed by atoms with Crippen LogP contribution in [0.4, 0.5) is 0 Å². The number of hydrogen-bond acceptors (Lipinski definition) is 1. The molecular formula is C9H10Cl4O2Ti. The van der Waals surface area contributed by atoms with Gasteiger partial charge >= 0.3 is 27.7 Å². The summed E-state index contributed by atoms with van der Waals surface area (Å²) in [6, 6.07) is 7.05. The number of halogens is 4. The quantitative estimate of drug-likeness (QED) is 0.543. The first-order valence-electron chi connectivity index (χ1n) is 3.57. The van der Waals surface area contributed by atoms with Gasteiger partial charge in [0.15, 0.2) is 0 Å². The van der Waals surface area contributed by atoms with E-state index in [4.69, 9.17) is 5.11 Å². The third-order valence-corrected chi connectivity index (χ3v) is 1.63. The third kappa shape index (κ3) is 8.69. The number of rotatable bonds is 2. The molecule has 0 unspecified atom stereocenters. The molecule has 0 atom stereocenters. The molecule has 0 fully saturated rings. The second-order valence-corrected chi connectivity index (χ2v) is 2.32. The van der Waals surface area contributed by atoms with Crippen LogP contribution < -0.4 is 49.6 Å². The molecular weight excluding hydrogens is 330 g/mol. The zero-order valence-electron chi connectivity index (χ0n) is 8.38. The van der Waals surface area contributed by atoms with Gasteiger partial charge in [0.25, 0.3) is 0 Å². The van der Waals surface area contributed by atoms with E-state index in [1.165, 1.54) is 0 Å². The van der Waals surface area contributed by atoms with E-state index in [0.29, 0.717) is 5.56 Å². The molecule has 0 heterocycles. The van der Waals surface area contributed by atoms with E-state index in [2.05, 4.69) is 0 Å². The Balaban J connectivity index is -0.0000000807. The Morgan fingerprint density at radius 2 is 1.56 bits per heavy atom. The molecule has 0 spiro atoms. The predicted octanol–water partition coefficient (Wildman–Crippen LogP) is -10.0. The zero-order valence-corrected chi connectivity index (χ0v) is 13.0. The molecule has 1 N–H and O–H groups in total. The first kappa shape index (κ1) is 30.0. The van der Waals surface area contributed by atoms with Gasteiger partial charge in [0.05, 0.1) is 5.56 Å². The van der Waals surface area contributed by atoms with Crippen molar-refractivity contribution >= 4 is 5.97 Å². The van der Waals surface area contributed by atoms with Crippen LogP contribution >= 0.6 is 0 Å². The van der Waals surface area contributed by atoms with E-state index in [1.54, 1.807) is 12.1 Å². The summed E-state index contributed by atoms with van der Waals surface area (Å²) in [6.07, 6.45) is 0.766. The van der Waals surface area contributed by atoms with Gasteiger partial charge in [-0.1, -0.05) is 25.1 Å². The minimum atomic E-state index is -0.845. The van der Waals surface area contributed by atoms with Crippen LogP contribution in [-0.4, -0.2) is 11.1 Å². The second-order valence-electron chi connectivity index (χ2n) is 2.32. The molecule has 90 valence electrons. The molecule has 1 aromatic rings. The molecule has 0 saturated carbocycles. The molecule has 1 rings (SSSR count). The summed E-state index contributed by atoms with van der Waals surface area (Å²) in [5.74, 6) is -0.845.